The summed E-state index contributed by atoms with van der Waals surface area (Å²) in [6.07, 6.45) is 3.52. The number of carbonyl (C=O) groups is 2. The molecule has 1 saturated carbocycles. The average Bonchev–Trinajstić information content (AvgIpc) is 2.69. The predicted octanol–water partition coefficient (Wildman–Crippen LogP) is 2.32. The van der Waals surface area contributed by atoms with Gasteiger partial charge in [0.15, 0.2) is 0 Å². The summed E-state index contributed by atoms with van der Waals surface area (Å²) in [4.78, 5) is 28.9. The number of amides is 2. The number of hydrogen-bond donors (Lipinski definition) is 2. The minimum Gasteiger partial charge on any atom is -0.352 e. The Morgan fingerprint density at radius 3 is 2.17 bits per heavy atom. The summed E-state index contributed by atoms with van der Waals surface area (Å²) in [5, 5.41) is 6.02. The van der Waals surface area contributed by atoms with Crippen LogP contribution in [0.1, 0.15) is 33.1 Å². The summed E-state index contributed by atoms with van der Waals surface area (Å²) in [6.45, 7) is 8.28. The van der Waals surface area contributed by atoms with E-state index in [9.17, 15) is 14.0 Å². The van der Waals surface area contributed by atoms with Crippen molar-refractivity contribution in [3.63, 3.8) is 0 Å². The molecule has 29 heavy (non-hydrogen) atoms. The van der Waals surface area contributed by atoms with Gasteiger partial charge in [-0.05, 0) is 42.5 Å². The summed E-state index contributed by atoms with van der Waals surface area (Å²) in [7, 11) is 0. The fourth-order valence-electron chi connectivity index (χ4n) is 4.28. The first-order valence-electron chi connectivity index (χ1n) is 10.7. The zero-order chi connectivity index (χ0) is 20.8. The number of halogens is 1. The lowest BCUT2D eigenvalue weighted by Crippen LogP contribution is -2.52. The molecule has 0 unspecified atom stereocenters. The number of anilines is 1. The van der Waals surface area contributed by atoms with Crippen molar-refractivity contribution in [1.29, 1.82) is 0 Å². The predicted molar refractivity (Wildman–Crippen MR) is 112 cm³/mol. The molecule has 0 radical (unpaired) electrons. The molecule has 1 aromatic carbocycles. The largest absolute Gasteiger partial charge is 0.352 e. The number of hydrogen-bond acceptors (Lipinski definition) is 4. The van der Waals surface area contributed by atoms with Gasteiger partial charge in [0.25, 0.3) is 0 Å². The van der Waals surface area contributed by atoms with Crippen molar-refractivity contribution in [3.05, 3.63) is 30.1 Å². The van der Waals surface area contributed by atoms with E-state index in [0.717, 1.165) is 32.6 Å². The van der Waals surface area contributed by atoms with Crippen LogP contribution in [0.4, 0.5) is 10.1 Å². The van der Waals surface area contributed by atoms with Crippen molar-refractivity contribution in [3.8, 4) is 0 Å². The van der Waals surface area contributed by atoms with Gasteiger partial charge >= 0.3 is 0 Å². The standard InChI is InChI=1S/C22H33FN4O2/c1-16-4-3-5-20(17(16)2)25-22(29)15-27-12-10-26(11-13-27)14-21(28)24-19-8-6-18(23)7-9-19/h6-9,16-17,20H,3-5,10-15H2,1-2H3,(H,24,28)(H,25,29)/t16-,17-,20+/m1/s1. The van der Waals surface area contributed by atoms with E-state index in [4.69, 9.17) is 0 Å². The van der Waals surface area contributed by atoms with Crippen molar-refractivity contribution >= 4 is 17.5 Å². The number of nitrogens with zero attached hydrogens (tertiary/aromatic N) is 2. The average molecular weight is 405 g/mol. The van der Waals surface area contributed by atoms with Crippen LogP contribution in [0.2, 0.25) is 0 Å². The molecule has 2 aliphatic rings. The fraction of sp³-hybridized carbons (Fsp3) is 0.636. The van der Waals surface area contributed by atoms with Crippen molar-refractivity contribution < 1.29 is 14.0 Å². The summed E-state index contributed by atoms with van der Waals surface area (Å²) >= 11 is 0. The molecule has 0 bridgehead atoms. The number of piperazine rings is 1. The quantitative estimate of drug-likeness (QED) is 0.764. The maximum atomic E-state index is 12.9. The third-order valence-electron chi connectivity index (χ3n) is 6.38. The lowest BCUT2D eigenvalue weighted by Gasteiger charge is -2.36. The monoisotopic (exact) mass is 404 g/mol. The minimum atomic E-state index is -0.324. The highest BCUT2D eigenvalue weighted by Crippen LogP contribution is 2.29. The highest BCUT2D eigenvalue weighted by Gasteiger charge is 2.29. The van der Waals surface area contributed by atoms with Crippen LogP contribution < -0.4 is 10.6 Å². The highest BCUT2D eigenvalue weighted by atomic mass is 19.1. The Hall–Kier alpha value is -1.99. The Morgan fingerprint density at radius 2 is 1.55 bits per heavy atom. The molecule has 1 heterocycles. The molecule has 1 aromatic rings. The maximum absolute atomic E-state index is 12.9. The zero-order valence-corrected chi connectivity index (χ0v) is 17.5. The zero-order valence-electron chi connectivity index (χ0n) is 17.5. The van der Waals surface area contributed by atoms with Gasteiger partial charge in [-0.1, -0.05) is 26.7 Å². The van der Waals surface area contributed by atoms with Gasteiger partial charge < -0.3 is 10.6 Å². The molecule has 2 N–H and O–H groups in total. The maximum Gasteiger partial charge on any atom is 0.238 e. The van der Waals surface area contributed by atoms with Crippen LogP contribution in [0.3, 0.4) is 0 Å². The second kappa shape index (κ2) is 10.2. The molecule has 2 amide bonds. The van der Waals surface area contributed by atoms with Gasteiger partial charge in [-0.15, -0.1) is 0 Å². The van der Waals surface area contributed by atoms with Crippen LogP contribution in [-0.2, 0) is 9.59 Å². The van der Waals surface area contributed by atoms with Crippen molar-refractivity contribution in [2.75, 3.05) is 44.6 Å². The van der Waals surface area contributed by atoms with E-state index >= 15 is 0 Å². The highest BCUT2D eigenvalue weighted by molar-refractivity contribution is 5.92. The molecule has 6 nitrogen and oxygen atoms in total. The molecule has 160 valence electrons. The van der Waals surface area contributed by atoms with Gasteiger partial charge in [0, 0.05) is 37.9 Å². The Kier molecular flexibility index (Phi) is 7.61. The Balaban J connectivity index is 1.36. The molecule has 7 heteroatoms. The molecule has 1 aliphatic heterocycles. The van der Waals surface area contributed by atoms with E-state index in [1.54, 1.807) is 12.1 Å². The molecule has 3 atom stereocenters. The summed E-state index contributed by atoms with van der Waals surface area (Å²) in [6, 6.07) is 6.06. The number of benzene rings is 1. The summed E-state index contributed by atoms with van der Waals surface area (Å²) in [5.41, 5.74) is 0.595. The van der Waals surface area contributed by atoms with Gasteiger partial charge in [0.05, 0.1) is 13.1 Å². The van der Waals surface area contributed by atoms with E-state index in [2.05, 4.69) is 34.3 Å². The number of rotatable bonds is 6. The molecular weight excluding hydrogens is 371 g/mol. The van der Waals surface area contributed by atoms with E-state index in [-0.39, 0.29) is 17.6 Å². The second-order valence-corrected chi connectivity index (χ2v) is 8.55. The normalized spacial score (nSPS) is 26.1. The molecular formula is C22H33FN4O2. The minimum absolute atomic E-state index is 0.108. The van der Waals surface area contributed by atoms with E-state index in [1.165, 1.54) is 25.0 Å². The van der Waals surface area contributed by atoms with Crippen LogP contribution in [-0.4, -0.2) is 66.9 Å². The van der Waals surface area contributed by atoms with Gasteiger partial charge in [-0.25, -0.2) is 4.39 Å². The lowest BCUT2D eigenvalue weighted by molar-refractivity contribution is -0.124. The first-order chi connectivity index (χ1) is 13.9. The van der Waals surface area contributed by atoms with Crippen LogP contribution in [0.15, 0.2) is 24.3 Å². The Labute approximate surface area is 172 Å². The Bertz CT molecular complexity index is 689. The number of nitrogens with one attached hydrogen (secondary N) is 2. The van der Waals surface area contributed by atoms with Crippen molar-refractivity contribution in [1.82, 2.24) is 15.1 Å². The molecule has 1 saturated heterocycles. The van der Waals surface area contributed by atoms with Crippen LogP contribution in [0.25, 0.3) is 0 Å². The first-order valence-corrected chi connectivity index (χ1v) is 10.7. The lowest BCUT2D eigenvalue weighted by atomic mass is 9.78. The SMILES string of the molecule is C[C@@H]1[C@H](C)CCC[C@@H]1NC(=O)CN1CCN(CC(=O)Nc2ccc(F)cc2)CC1. The van der Waals surface area contributed by atoms with Crippen LogP contribution >= 0.6 is 0 Å². The fourth-order valence-corrected chi connectivity index (χ4v) is 4.28. The third-order valence-corrected chi connectivity index (χ3v) is 6.38. The molecule has 1 aliphatic carbocycles. The van der Waals surface area contributed by atoms with Gasteiger partial charge in [0.2, 0.25) is 11.8 Å². The smallest absolute Gasteiger partial charge is 0.238 e. The van der Waals surface area contributed by atoms with Crippen LogP contribution in [0, 0.1) is 17.7 Å². The van der Waals surface area contributed by atoms with E-state index in [0.29, 0.717) is 36.7 Å². The van der Waals surface area contributed by atoms with Crippen molar-refractivity contribution in [2.24, 2.45) is 11.8 Å². The molecule has 2 fully saturated rings. The van der Waals surface area contributed by atoms with E-state index < -0.39 is 0 Å². The van der Waals surface area contributed by atoms with Gasteiger partial charge in [-0.2, -0.15) is 0 Å². The topological polar surface area (TPSA) is 64.7 Å². The molecule has 0 spiro atoms. The van der Waals surface area contributed by atoms with Crippen molar-refractivity contribution in [2.45, 2.75) is 39.2 Å². The first kappa shape index (κ1) is 21.7. The van der Waals surface area contributed by atoms with Gasteiger partial charge in [-0.3, -0.25) is 19.4 Å². The second-order valence-electron chi connectivity index (χ2n) is 8.55. The van der Waals surface area contributed by atoms with Crippen LogP contribution in [0.5, 0.6) is 0 Å². The third kappa shape index (κ3) is 6.51. The summed E-state index contributed by atoms with van der Waals surface area (Å²) in [5.74, 6) is 0.875. The van der Waals surface area contributed by atoms with E-state index in [1.807, 2.05) is 0 Å². The molecule has 3 rings (SSSR count). The summed E-state index contributed by atoms with van der Waals surface area (Å²) < 4.78 is 12.9. The number of carbonyl (C=O) groups excluding carboxylic acids is 2. The molecule has 0 aromatic heterocycles. The Morgan fingerprint density at radius 1 is 0.966 bits per heavy atom. The van der Waals surface area contributed by atoms with Gasteiger partial charge in [0.1, 0.15) is 5.82 Å².